The van der Waals surface area contributed by atoms with E-state index in [1.807, 2.05) is 50.2 Å². The summed E-state index contributed by atoms with van der Waals surface area (Å²) in [7, 11) is 0. The summed E-state index contributed by atoms with van der Waals surface area (Å²) in [4.78, 5) is 12.4. The Morgan fingerprint density at radius 1 is 1.04 bits per heavy atom. The van der Waals surface area contributed by atoms with E-state index < -0.39 is 0 Å². The van der Waals surface area contributed by atoms with Crippen molar-refractivity contribution >= 4 is 50.1 Å². The molecule has 1 N–H and O–H groups in total. The molecule has 24 heavy (non-hydrogen) atoms. The van der Waals surface area contributed by atoms with Gasteiger partial charge in [-0.1, -0.05) is 28.1 Å². The standard InChI is InChI=1S/C19H15BrINO2/c1-11-10-16(12(2)9-15(11)21)22-19(23)18-8-7-17(24-18)13-3-5-14(20)6-4-13/h3-10H,1-2H3,(H,22,23). The molecule has 122 valence electrons. The highest BCUT2D eigenvalue weighted by molar-refractivity contribution is 14.1. The van der Waals surface area contributed by atoms with Crippen molar-refractivity contribution in [1.29, 1.82) is 0 Å². The van der Waals surface area contributed by atoms with Crippen LogP contribution in [0.25, 0.3) is 11.3 Å². The van der Waals surface area contributed by atoms with Gasteiger partial charge in [-0.2, -0.15) is 0 Å². The van der Waals surface area contributed by atoms with Gasteiger partial charge in [0.15, 0.2) is 5.76 Å². The van der Waals surface area contributed by atoms with Crippen molar-refractivity contribution < 1.29 is 9.21 Å². The molecule has 0 fully saturated rings. The van der Waals surface area contributed by atoms with E-state index in [1.54, 1.807) is 6.07 Å². The first-order valence-corrected chi connectivity index (χ1v) is 9.25. The molecule has 0 unspecified atom stereocenters. The Labute approximate surface area is 162 Å². The number of anilines is 1. The number of rotatable bonds is 3. The molecule has 3 rings (SSSR count). The Morgan fingerprint density at radius 3 is 2.46 bits per heavy atom. The minimum Gasteiger partial charge on any atom is -0.451 e. The quantitative estimate of drug-likeness (QED) is 0.440. The van der Waals surface area contributed by atoms with E-state index in [0.29, 0.717) is 11.5 Å². The monoisotopic (exact) mass is 495 g/mol. The fraction of sp³-hybridized carbons (Fsp3) is 0.105. The van der Waals surface area contributed by atoms with Crippen LogP contribution in [-0.2, 0) is 0 Å². The Kier molecular flexibility index (Phi) is 5.10. The summed E-state index contributed by atoms with van der Waals surface area (Å²) in [5.74, 6) is 0.716. The van der Waals surface area contributed by atoms with Crippen molar-refractivity contribution in [2.75, 3.05) is 5.32 Å². The van der Waals surface area contributed by atoms with E-state index >= 15 is 0 Å². The third-order valence-corrected chi connectivity index (χ3v) is 5.40. The number of aryl methyl sites for hydroxylation is 2. The lowest BCUT2D eigenvalue weighted by atomic mass is 10.1. The SMILES string of the molecule is Cc1cc(NC(=O)c2ccc(-c3ccc(Br)cc3)o2)c(C)cc1I. The van der Waals surface area contributed by atoms with Crippen LogP contribution in [-0.4, -0.2) is 5.91 Å². The molecule has 1 aromatic heterocycles. The van der Waals surface area contributed by atoms with Gasteiger partial charge in [-0.05, 0) is 84.0 Å². The van der Waals surface area contributed by atoms with Gasteiger partial charge >= 0.3 is 0 Å². The number of halogens is 2. The number of hydrogen-bond acceptors (Lipinski definition) is 2. The van der Waals surface area contributed by atoms with Crippen molar-refractivity contribution in [3.05, 3.63) is 73.5 Å². The van der Waals surface area contributed by atoms with Crippen LogP contribution in [0.1, 0.15) is 21.7 Å². The molecule has 0 aliphatic carbocycles. The smallest absolute Gasteiger partial charge is 0.291 e. The molecule has 3 nitrogen and oxygen atoms in total. The van der Waals surface area contributed by atoms with Crippen LogP contribution in [0.15, 0.2) is 57.4 Å². The van der Waals surface area contributed by atoms with E-state index in [9.17, 15) is 4.79 Å². The van der Waals surface area contributed by atoms with Crippen LogP contribution in [0.5, 0.6) is 0 Å². The van der Waals surface area contributed by atoms with Crippen LogP contribution in [0, 0.1) is 17.4 Å². The maximum atomic E-state index is 12.4. The van der Waals surface area contributed by atoms with Gasteiger partial charge in [0.05, 0.1) is 0 Å². The minimum absolute atomic E-state index is 0.248. The lowest BCUT2D eigenvalue weighted by Gasteiger charge is -2.09. The summed E-state index contributed by atoms with van der Waals surface area (Å²) in [6.07, 6.45) is 0. The third-order valence-electron chi connectivity index (χ3n) is 3.71. The van der Waals surface area contributed by atoms with Crippen molar-refractivity contribution in [2.45, 2.75) is 13.8 Å². The molecule has 0 aliphatic heterocycles. The highest BCUT2D eigenvalue weighted by Crippen LogP contribution is 2.26. The van der Waals surface area contributed by atoms with E-state index in [-0.39, 0.29) is 5.91 Å². The molecule has 0 saturated heterocycles. The van der Waals surface area contributed by atoms with Crippen molar-refractivity contribution in [1.82, 2.24) is 0 Å². The van der Waals surface area contributed by atoms with Crippen molar-refractivity contribution in [3.63, 3.8) is 0 Å². The predicted molar refractivity (Wildman–Crippen MR) is 108 cm³/mol. The van der Waals surface area contributed by atoms with Gasteiger partial charge in [-0.3, -0.25) is 4.79 Å². The van der Waals surface area contributed by atoms with Gasteiger partial charge in [0.25, 0.3) is 5.91 Å². The highest BCUT2D eigenvalue weighted by Gasteiger charge is 2.14. The average Bonchev–Trinajstić information content (AvgIpc) is 3.03. The topological polar surface area (TPSA) is 42.2 Å². The Morgan fingerprint density at radius 2 is 1.75 bits per heavy atom. The second kappa shape index (κ2) is 7.11. The second-order valence-electron chi connectivity index (χ2n) is 5.54. The molecule has 3 aromatic rings. The van der Waals surface area contributed by atoms with Crippen LogP contribution >= 0.6 is 38.5 Å². The largest absolute Gasteiger partial charge is 0.451 e. The van der Waals surface area contributed by atoms with E-state index in [4.69, 9.17) is 4.42 Å². The Bertz CT molecular complexity index is 900. The van der Waals surface area contributed by atoms with Gasteiger partial charge in [-0.15, -0.1) is 0 Å². The summed E-state index contributed by atoms with van der Waals surface area (Å²) >= 11 is 5.70. The van der Waals surface area contributed by atoms with E-state index in [1.165, 1.54) is 3.57 Å². The lowest BCUT2D eigenvalue weighted by Crippen LogP contribution is -2.12. The van der Waals surface area contributed by atoms with E-state index in [0.717, 1.165) is 26.9 Å². The molecule has 0 spiro atoms. The predicted octanol–water partition coefficient (Wildman–Crippen LogP) is 6.18. The van der Waals surface area contributed by atoms with Gasteiger partial charge in [0, 0.05) is 19.3 Å². The van der Waals surface area contributed by atoms with E-state index in [2.05, 4.69) is 49.9 Å². The maximum Gasteiger partial charge on any atom is 0.291 e. The Balaban J connectivity index is 1.81. The average molecular weight is 496 g/mol. The molecule has 2 aromatic carbocycles. The molecule has 1 heterocycles. The number of amides is 1. The maximum absolute atomic E-state index is 12.4. The number of furan rings is 1. The molecule has 0 radical (unpaired) electrons. The van der Waals surface area contributed by atoms with Crippen LogP contribution < -0.4 is 5.32 Å². The summed E-state index contributed by atoms with van der Waals surface area (Å²) in [6, 6.07) is 15.3. The normalized spacial score (nSPS) is 10.7. The van der Waals surface area contributed by atoms with Crippen LogP contribution in [0.2, 0.25) is 0 Å². The highest BCUT2D eigenvalue weighted by atomic mass is 127. The zero-order valence-electron chi connectivity index (χ0n) is 13.2. The first-order valence-electron chi connectivity index (χ1n) is 7.38. The minimum atomic E-state index is -0.248. The second-order valence-corrected chi connectivity index (χ2v) is 7.62. The molecular formula is C19H15BrINO2. The number of hydrogen-bond donors (Lipinski definition) is 1. The first-order chi connectivity index (χ1) is 11.4. The zero-order chi connectivity index (χ0) is 17.3. The number of nitrogens with one attached hydrogen (secondary N) is 1. The van der Waals surface area contributed by atoms with Crippen molar-refractivity contribution in [2.24, 2.45) is 0 Å². The molecule has 5 heteroatoms. The third kappa shape index (κ3) is 3.72. The zero-order valence-corrected chi connectivity index (χ0v) is 16.9. The lowest BCUT2D eigenvalue weighted by molar-refractivity contribution is 0.0997. The summed E-state index contributed by atoms with van der Waals surface area (Å²) in [5.41, 5.74) is 3.89. The number of benzene rings is 2. The van der Waals surface area contributed by atoms with Gasteiger partial charge in [0.1, 0.15) is 5.76 Å². The Hall–Kier alpha value is -1.60. The molecule has 1 amide bonds. The van der Waals surface area contributed by atoms with Crippen LogP contribution in [0.3, 0.4) is 0 Å². The van der Waals surface area contributed by atoms with Crippen LogP contribution in [0.4, 0.5) is 5.69 Å². The first kappa shape index (κ1) is 17.2. The molecule has 0 saturated carbocycles. The number of carbonyl (C=O) groups excluding carboxylic acids is 1. The summed E-state index contributed by atoms with van der Waals surface area (Å²) in [5, 5.41) is 2.92. The summed E-state index contributed by atoms with van der Waals surface area (Å²) in [6.45, 7) is 4.00. The fourth-order valence-electron chi connectivity index (χ4n) is 2.33. The molecular weight excluding hydrogens is 481 g/mol. The van der Waals surface area contributed by atoms with Gasteiger partial charge in [0.2, 0.25) is 0 Å². The molecule has 0 bridgehead atoms. The van der Waals surface area contributed by atoms with Crippen molar-refractivity contribution in [3.8, 4) is 11.3 Å². The summed E-state index contributed by atoms with van der Waals surface area (Å²) < 4.78 is 7.89. The molecule has 0 aliphatic rings. The molecule has 0 atom stereocenters. The fourth-order valence-corrected chi connectivity index (χ4v) is 3.22. The van der Waals surface area contributed by atoms with Gasteiger partial charge in [-0.25, -0.2) is 0 Å². The van der Waals surface area contributed by atoms with Gasteiger partial charge < -0.3 is 9.73 Å². The number of carbonyl (C=O) groups is 1.